The lowest BCUT2D eigenvalue weighted by Gasteiger charge is -2.35. The highest BCUT2D eigenvalue weighted by molar-refractivity contribution is 6.18. The van der Waals surface area contributed by atoms with E-state index in [4.69, 9.17) is 25.8 Å². The van der Waals surface area contributed by atoms with Crippen molar-refractivity contribution in [3.8, 4) is 34.1 Å². The number of phenols is 1. The van der Waals surface area contributed by atoms with Crippen LogP contribution in [0, 0.1) is 0 Å². The van der Waals surface area contributed by atoms with Gasteiger partial charge in [0.2, 0.25) is 0 Å². The second kappa shape index (κ2) is 9.32. The van der Waals surface area contributed by atoms with E-state index in [0.717, 1.165) is 39.1 Å². The van der Waals surface area contributed by atoms with Gasteiger partial charge in [-0.25, -0.2) is 0 Å². The zero-order chi connectivity index (χ0) is 25.4. The van der Waals surface area contributed by atoms with Crippen molar-refractivity contribution in [3.05, 3.63) is 83.6 Å². The molecule has 0 amide bonds. The van der Waals surface area contributed by atoms with Crippen LogP contribution in [0.3, 0.4) is 0 Å². The topological polar surface area (TPSA) is 60.0 Å². The predicted molar refractivity (Wildman–Crippen MR) is 147 cm³/mol. The number of allylic oxidation sites excluding steroid dienone is 2. The first-order valence-electron chi connectivity index (χ1n) is 11.7. The minimum atomic E-state index is -0.180. The molecule has 0 unspecified atom stereocenters. The van der Waals surface area contributed by atoms with E-state index in [1.807, 2.05) is 30.3 Å². The summed E-state index contributed by atoms with van der Waals surface area (Å²) in [5.74, 6) is 2.85. The van der Waals surface area contributed by atoms with E-state index in [2.05, 4.69) is 44.3 Å². The van der Waals surface area contributed by atoms with Gasteiger partial charge in [-0.3, -0.25) is 0 Å². The predicted octanol–water partition coefficient (Wildman–Crippen LogP) is 7.70. The fourth-order valence-electron chi connectivity index (χ4n) is 4.94. The molecule has 0 radical (unpaired) electrons. The lowest BCUT2D eigenvalue weighted by atomic mass is 9.83. The van der Waals surface area contributed by atoms with Crippen LogP contribution in [-0.2, 0) is 0 Å². The first-order valence-corrected chi connectivity index (χ1v) is 12.3. The zero-order valence-corrected chi connectivity index (χ0v) is 21.4. The summed E-state index contributed by atoms with van der Waals surface area (Å²) in [6, 6.07) is 15.3. The van der Waals surface area contributed by atoms with Crippen molar-refractivity contribution in [2.75, 3.05) is 18.3 Å². The number of phenolic OH excluding ortho intramolecular Hbond substituents is 1. The van der Waals surface area contributed by atoms with Gasteiger partial charge in [0.05, 0.1) is 24.5 Å². The lowest BCUT2D eigenvalue weighted by molar-refractivity contribution is 0.371. The Labute approximate surface area is 216 Å². The quantitative estimate of drug-likeness (QED) is 0.277. The number of benzene rings is 3. The number of alkyl halides is 1. The van der Waals surface area contributed by atoms with Crippen molar-refractivity contribution in [1.29, 1.82) is 0 Å². The lowest BCUT2D eigenvalue weighted by Crippen LogP contribution is -2.32. The number of ether oxygens (including phenoxy) is 3. The van der Waals surface area contributed by atoms with Gasteiger partial charge in [-0.15, -0.1) is 11.6 Å². The van der Waals surface area contributed by atoms with Gasteiger partial charge in [0.25, 0.3) is 0 Å². The van der Waals surface area contributed by atoms with Crippen molar-refractivity contribution in [2.45, 2.75) is 26.3 Å². The fraction of sp³-hybridized carbons (Fsp3) is 0.200. The van der Waals surface area contributed by atoms with Gasteiger partial charge in [0.15, 0.2) is 11.5 Å². The van der Waals surface area contributed by atoms with Gasteiger partial charge in [-0.2, -0.15) is 0 Å². The van der Waals surface area contributed by atoms with E-state index >= 15 is 0 Å². The average Bonchev–Trinajstić information content (AvgIpc) is 2.83. The Balaban J connectivity index is 1.73. The number of nitrogens with one attached hydrogen (secondary N) is 1. The largest absolute Gasteiger partial charge is 0.504 e. The van der Waals surface area contributed by atoms with E-state index in [0.29, 0.717) is 28.9 Å². The van der Waals surface area contributed by atoms with E-state index < -0.39 is 0 Å². The number of halogens is 1. The van der Waals surface area contributed by atoms with Crippen LogP contribution in [0.1, 0.15) is 37.5 Å². The third-order valence-electron chi connectivity index (χ3n) is 6.22. The highest BCUT2D eigenvalue weighted by Crippen LogP contribution is 2.54. The molecule has 3 aromatic rings. The third kappa shape index (κ3) is 4.31. The maximum Gasteiger partial charge on any atom is 0.172 e. The van der Waals surface area contributed by atoms with Gasteiger partial charge < -0.3 is 24.6 Å². The van der Waals surface area contributed by atoms with Gasteiger partial charge >= 0.3 is 0 Å². The molecule has 0 spiro atoms. The van der Waals surface area contributed by atoms with Crippen LogP contribution >= 0.6 is 11.6 Å². The Bertz CT molecular complexity index is 1440. The van der Waals surface area contributed by atoms with Crippen LogP contribution in [0.4, 0.5) is 5.69 Å². The van der Waals surface area contributed by atoms with Crippen LogP contribution in [-0.4, -0.2) is 23.6 Å². The summed E-state index contributed by atoms with van der Waals surface area (Å²) in [4.78, 5) is 0. The number of fused-ring (bicyclic) bond motifs is 5. The highest BCUT2D eigenvalue weighted by atomic mass is 35.5. The Hall–Kier alpha value is -3.83. The molecule has 184 valence electrons. The minimum absolute atomic E-state index is 0.0670. The van der Waals surface area contributed by atoms with Crippen LogP contribution in [0.2, 0.25) is 0 Å². The monoisotopic (exact) mass is 501 g/mol. The molecule has 0 fully saturated rings. The number of aromatic hydroxyl groups is 1. The number of hydrogen-bond acceptors (Lipinski definition) is 5. The van der Waals surface area contributed by atoms with Gasteiger partial charge in [0, 0.05) is 28.3 Å². The molecule has 0 aliphatic carbocycles. The van der Waals surface area contributed by atoms with E-state index in [1.165, 1.54) is 0 Å². The van der Waals surface area contributed by atoms with E-state index in [-0.39, 0.29) is 11.3 Å². The molecule has 0 saturated carbocycles. The van der Waals surface area contributed by atoms with Crippen LogP contribution in [0.25, 0.3) is 28.5 Å². The minimum Gasteiger partial charge on any atom is -0.504 e. The fourth-order valence-corrected chi connectivity index (χ4v) is 5.01. The second-order valence-electron chi connectivity index (χ2n) is 9.40. The Morgan fingerprint density at radius 3 is 2.69 bits per heavy atom. The number of hydrogen-bond donors (Lipinski definition) is 2. The first-order chi connectivity index (χ1) is 17.3. The first kappa shape index (κ1) is 23.9. The van der Waals surface area contributed by atoms with E-state index in [1.54, 1.807) is 31.6 Å². The molecule has 2 heterocycles. The molecule has 0 aromatic heterocycles. The third-order valence-corrected chi connectivity index (χ3v) is 6.40. The SMILES string of the molecule is COc1c(O)ccc2c1-c1ccc3c(c1/C(=C/c1cccc(O/C=C/CCl)c1)O2)C(C)=CC(C)(C)N3. The van der Waals surface area contributed by atoms with Crippen LogP contribution in [0.15, 0.2) is 66.9 Å². The molecule has 2 N–H and O–H groups in total. The molecule has 0 saturated heterocycles. The molecule has 36 heavy (non-hydrogen) atoms. The number of rotatable bonds is 5. The summed E-state index contributed by atoms with van der Waals surface area (Å²) in [6.07, 6.45) is 7.55. The van der Waals surface area contributed by atoms with Crippen molar-refractivity contribution >= 4 is 34.7 Å². The molecule has 6 heteroatoms. The Morgan fingerprint density at radius 2 is 1.92 bits per heavy atom. The molecule has 0 bridgehead atoms. The second-order valence-corrected chi connectivity index (χ2v) is 9.71. The highest BCUT2D eigenvalue weighted by Gasteiger charge is 2.33. The summed E-state index contributed by atoms with van der Waals surface area (Å²) < 4.78 is 17.8. The molecule has 3 aromatic carbocycles. The van der Waals surface area contributed by atoms with Gasteiger partial charge in [-0.1, -0.05) is 24.3 Å². The summed E-state index contributed by atoms with van der Waals surface area (Å²) >= 11 is 5.71. The Morgan fingerprint density at radius 1 is 1.08 bits per heavy atom. The molecule has 0 atom stereocenters. The van der Waals surface area contributed by atoms with Crippen LogP contribution < -0.4 is 19.5 Å². The normalized spacial score (nSPS) is 16.4. The molecule has 5 rings (SSSR count). The molecule has 2 aliphatic rings. The van der Waals surface area contributed by atoms with Crippen molar-refractivity contribution < 1.29 is 19.3 Å². The standard InChI is InChI=1S/C30H28ClNO4/c1-18-17-30(2,3)32-22-10-9-21-27(26(18)22)25(36-24-12-11-23(33)29(34-4)28(21)24)16-19-7-5-8-20(15-19)35-14-6-13-31/h5-12,14-17,32-33H,13H2,1-4H3/b14-6+,25-16-. The van der Waals surface area contributed by atoms with Gasteiger partial charge in [0.1, 0.15) is 17.3 Å². The van der Waals surface area contributed by atoms with Crippen LogP contribution in [0.5, 0.6) is 23.0 Å². The van der Waals surface area contributed by atoms with Crippen molar-refractivity contribution in [2.24, 2.45) is 0 Å². The van der Waals surface area contributed by atoms with E-state index in [9.17, 15) is 5.11 Å². The zero-order valence-electron chi connectivity index (χ0n) is 20.7. The maximum atomic E-state index is 10.5. The average molecular weight is 502 g/mol. The molecule has 2 aliphatic heterocycles. The number of methoxy groups -OCH3 is 1. The summed E-state index contributed by atoms with van der Waals surface area (Å²) in [6.45, 7) is 6.41. The molecular weight excluding hydrogens is 474 g/mol. The maximum absolute atomic E-state index is 10.5. The smallest absolute Gasteiger partial charge is 0.172 e. The Kier molecular flexibility index (Phi) is 6.19. The van der Waals surface area contributed by atoms with Crippen molar-refractivity contribution in [3.63, 3.8) is 0 Å². The summed E-state index contributed by atoms with van der Waals surface area (Å²) in [5.41, 5.74) is 6.57. The molecular formula is C30H28ClNO4. The summed E-state index contributed by atoms with van der Waals surface area (Å²) in [7, 11) is 1.55. The van der Waals surface area contributed by atoms with Crippen molar-refractivity contribution in [1.82, 2.24) is 0 Å². The summed E-state index contributed by atoms with van der Waals surface area (Å²) in [5, 5.41) is 14.1. The number of anilines is 1. The van der Waals surface area contributed by atoms with Gasteiger partial charge in [-0.05, 0) is 74.4 Å². The molecule has 5 nitrogen and oxygen atoms in total.